The molecule has 1 saturated heterocycles. The van der Waals surface area contributed by atoms with E-state index in [0.29, 0.717) is 102 Å². The molecular formula is C89H101N6O26S+. The molecule has 3 amide bonds. The molecule has 7 atom stereocenters. The first-order chi connectivity index (χ1) is 58.3. The highest BCUT2D eigenvalue weighted by molar-refractivity contribution is 7.82. The Hall–Kier alpha value is -12.0. The molecule has 1 unspecified atom stereocenters. The number of benzene rings is 7. The average molecular weight is 1700 g/mol. The Balaban J connectivity index is 0.755. The van der Waals surface area contributed by atoms with Crippen LogP contribution in [-0.2, 0) is 129 Å². The SMILES string of the molecule is COc1cc2c(cc1OCc1cc(COc3cc4c(cc3OC)C(=O)N3Cc5ccccc5C[C@H]3C=N4)cc(C[N+](C)(C)Cc3ccc(OS(=O)(=O)Oc4cc(C(=O)NCCOCCOCCOCCCC(=O)OC(C)(C)C)ccc4OC4O[C@H](COC(C)=O)[C@H](OC(C)=O)[C@H](OC(C)=O)[C@H]4OC(C)=O)cc3)c1)N=C[C@@H]1Cc3ccccc3CN1C2=O. The minimum Gasteiger partial charge on any atom is -0.493 e. The molecule has 0 spiro atoms. The van der Waals surface area contributed by atoms with Gasteiger partial charge in [-0.3, -0.25) is 48.3 Å². The third kappa shape index (κ3) is 24.0. The first-order valence-electron chi connectivity index (χ1n) is 39.9. The van der Waals surface area contributed by atoms with E-state index in [9.17, 15) is 46.8 Å². The molecule has 7 aromatic carbocycles. The molecule has 0 radical (unpaired) electrons. The maximum absolute atomic E-state index is 14.4. The Morgan fingerprint density at radius 1 is 0.541 bits per heavy atom. The molecule has 7 aromatic rings. The van der Waals surface area contributed by atoms with Gasteiger partial charge in [0.05, 0.1) is 95.9 Å². The number of ether oxygens (including phenoxy) is 14. The van der Waals surface area contributed by atoms with Gasteiger partial charge in [-0.2, -0.15) is 0 Å². The summed E-state index contributed by atoms with van der Waals surface area (Å²) in [6, 6.07) is 38.0. The summed E-state index contributed by atoms with van der Waals surface area (Å²) < 4.78 is 122. The zero-order valence-corrected chi connectivity index (χ0v) is 70.7. The molecule has 1 fully saturated rings. The van der Waals surface area contributed by atoms with Crippen LogP contribution in [0.2, 0.25) is 0 Å². The van der Waals surface area contributed by atoms with Crippen LogP contribution < -0.4 is 37.4 Å². The predicted octanol–water partition coefficient (Wildman–Crippen LogP) is 10.3. The fraction of sp³-hybridized carbons (Fsp3) is 0.416. The van der Waals surface area contributed by atoms with E-state index in [1.807, 2.05) is 90.9 Å². The molecule has 0 saturated carbocycles. The van der Waals surface area contributed by atoms with Gasteiger partial charge < -0.3 is 94.3 Å². The van der Waals surface area contributed by atoms with Gasteiger partial charge in [0.15, 0.2) is 46.7 Å². The number of nitrogens with one attached hydrogen (secondary N) is 1. The van der Waals surface area contributed by atoms with Crippen LogP contribution in [-0.4, -0.2) is 212 Å². The van der Waals surface area contributed by atoms with Gasteiger partial charge in [-0.15, -0.1) is 8.42 Å². The van der Waals surface area contributed by atoms with E-state index in [1.54, 1.807) is 57.2 Å². The Labute approximate surface area is 707 Å². The quantitative estimate of drug-likeness (QED) is 0.0164. The summed E-state index contributed by atoms with van der Waals surface area (Å²) in [5, 5.41) is 2.69. The fourth-order valence-electron chi connectivity index (χ4n) is 14.8. The molecule has 12 rings (SSSR count). The van der Waals surface area contributed by atoms with Crippen molar-refractivity contribution in [3.05, 3.63) is 195 Å². The van der Waals surface area contributed by atoms with Gasteiger partial charge in [-0.1, -0.05) is 48.5 Å². The number of hydrogen-bond donors (Lipinski definition) is 1. The van der Waals surface area contributed by atoms with Crippen molar-refractivity contribution in [2.75, 3.05) is 81.1 Å². The standard InChI is InChI=1S/C89H100N6O26S/c1-54(96)111-53-80-82(114-55(2)97)83(115-56(3)98)84(116-57(4)99)88(118-80)117-74-27-24-64(85(101)90-28-30-109-32-34-110-33-31-108-29-16-21-81(100)119-89(5,6)7)40-79(74)121-122(104,105)120-69-25-22-58(23-26-69)49-95(8,9)50-59-35-60(51-112-77-43-72-70(41-75(77)106-10)86(102)93-47-65-19-14-12-17-62(65)38-67(93)45-91-72)37-61(36-59)52-113-78-44-73-71(42-76(78)107-11)87(103)94-48-66-20-15-13-18-63(66)39-68(94)46-92-73/h12-15,17-20,22-27,35-37,40-46,67-68,80,82-84,88H,16,21,28-34,38-39,47-53H2,1-11H3/p+1/t67-,68-,80+,82-,83-,84+,88?/m0/s1. The highest BCUT2D eigenvalue weighted by Crippen LogP contribution is 2.43. The van der Waals surface area contributed by atoms with Crippen LogP contribution in [0.3, 0.4) is 0 Å². The summed E-state index contributed by atoms with van der Waals surface area (Å²) >= 11 is 0. The van der Waals surface area contributed by atoms with Gasteiger partial charge in [0, 0.05) is 102 Å². The molecule has 648 valence electrons. The normalized spacial score (nSPS) is 18.3. The lowest BCUT2D eigenvalue weighted by atomic mass is 9.94. The molecule has 5 heterocycles. The van der Waals surface area contributed by atoms with Crippen LogP contribution in [0.15, 0.2) is 143 Å². The van der Waals surface area contributed by atoms with Gasteiger partial charge in [-0.25, -0.2) is 0 Å². The van der Waals surface area contributed by atoms with E-state index in [4.69, 9.17) is 84.7 Å². The average Bonchev–Trinajstić information content (AvgIpc) is 1.73. The van der Waals surface area contributed by atoms with Crippen LogP contribution in [0.5, 0.6) is 40.2 Å². The van der Waals surface area contributed by atoms with Crippen LogP contribution in [0.4, 0.5) is 11.4 Å². The van der Waals surface area contributed by atoms with E-state index in [0.717, 1.165) is 84.3 Å². The fourth-order valence-corrected chi connectivity index (χ4v) is 15.5. The highest BCUT2D eigenvalue weighted by atomic mass is 32.3. The molecule has 122 heavy (non-hydrogen) atoms. The van der Waals surface area contributed by atoms with Crippen molar-refractivity contribution in [2.24, 2.45) is 9.98 Å². The third-order valence-electron chi connectivity index (χ3n) is 20.1. The molecule has 0 aliphatic carbocycles. The minimum atomic E-state index is -5.20. The molecule has 32 nitrogen and oxygen atoms in total. The van der Waals surface area contributed by atoms with Crippen LogP contribution in [0, 0.1) is 0 Å². The van der Waals surface area contributed by atoms with Crippen LogP contribution in [0.1, 0.15) is 137 Å². The Morgan fingerprint density at radius 2 is 1.05 bits per heavy atom. The van der Waals surface area contributed by atoms with Gasteiger partial charge in [0.1, 0.15) is 50.4 Å². The number of carbonyl (C=O) groups is 8. The minimum absolute atomic E-state index is 0.0234. The number of quaternary nitrogens is 1. The van der Waals surface area contributed by atoms with Crippen molar-refractivity contribution >= 4 is 81.8 Å². The molecular weight excluding hydrogens is 1600 g/mol. The zero-order chi connectivity index (χ0) is 87.0. The summed E-state index contributed by atoms with van der Waals surface area (Å²) in [6.45, 7) is 12.0. The predicted molar refractivity (Wildman–Crippen MR) is 440 cm³/mol. The summed E-state index contributed by atoms with van der Waals surface area (Å²) in [5.74, 6) is -4.88. The smallest absolute Gasteiger partial charge is 0.493 e. The second-order valence-electron chi connectivity index (χ2n) is 31.4. The summed E-state index contributed by atoms with van der Waals surface area (Å²) in [5.41, 5.74) is 8.51. The van der Waals surface area contributed by atoms with Crippen molar-refractivity contribution in [3.63, 3.8) is 0 Å². The first-order valence-corrected chi connectivity index (χ1v) is 41.2. The van der Waals surface area contributed by atoms with Crippen molar-refractivity contribution in [3.8, 4) is 40.2 Å². The lowest BCUT2D eigenvalue weighted by molar-refractivity contribution is -0.916. The van der Waals surface area contributed by atoms with Crippen molar-refractivity contribution in [2.45, 2.75) is 162 Å². The maximum atomic E-state index is 14.4. The molecule has 0 bridgehead atoms. The van der Waals surface area contributed by atoms with Gasteiger partial charge in [-0.05, 0) is 146 Å². The van der Waals surface area contributed by atoms with Crippen molar-refractivity contribution in [1.29, 1.82) is 0 Å². The van der Waals surface area contributed by atoms with Gasteiger partial charge in [0.2, 0.25) is 12.4 Å². The number of rotatable bonds is 37. The molecule has 0 aromatic heterocycles. The Bertz CT molecular complexity index is 5020. The molecule has 1 N–H and O–H groups in total. The van der Waals surface area contributed by atoms with E-state index in [2.05, 4.69) is 17.4 Å². The topological polar surface area (TPSA) is 362 Å². The van der Waals surface area contributed by atoms with E-state index in [-0.39, 0.29) is 100 Å². The van der Waals surface area contributed by atoms with Crippen molar-refractivity contribution < 1.29 is 126 Å². The van der Waals surface area contributed by atoms with Crippen LogP contribution >= 0.6 is 0 Å². The summed E-state index contributed by atoms with van der Waals surface area (Å²) in [7, 11) is 1.86. The van der Waals surface area contributed by atoms with Gasteiger partial charge >= 0.3 is 40.2 Å². The number of carbonyl (C=O) groups excluding carboxylic acids is 8. The van der Waals surface area contributed by atoms with Gasteiger partial charge in [0.25, 0.3) is 17.7 Å². The lowest BCUT2D eigenvalue weighted by Crippen LogP contribution is -2.63. The van der Waals surface area contributed by atoms with E-state index < -0.39 is 94.6 Å². The monoisotopic (exact) mass is 1700 g/mol. The van der Waals surface area contributed by atoms with E-state index in [1.165, 1.54) is 32.4 Å². The number of methoxy groups -OCH3 is 2. The van der Waals surface area contributed by atoms with E-state index >= 15 is 0 Å². The number of nitrogens with zero attached hydrogens (tertiary/aromatic N) is 5. The van der Waals surface area contributed by atoms with Crippen molar-refractivity contribution in [1.82, 2.24) is 15.1 Å². The Kier molecular flexibility index (Phi) is 29.4. The number of fused-ring (bicyclic) bond motifs is 6. The number of amides is 3. The number of esters is 5. The number of aliphatic imine (C=N–C) groups is 2. The second-order valence-corrected chi connectivity index (χ2v) is 32.5. The van der Waals surface area contributed by atoms with Crippen LogP contribution in [0.25, 0.3) is 0 Å². The molecule has 33 heteroatoms. The largest absolute Gasteiger partial charge is 0.501 e. The Morgan fingerprint density at radius 3 is 1.58 bits per heavy atom. The molecule has 5 aliphatic heterocycles. The zero-order valence-electron chi connectivity index (χ0n) is 69.9. The second kappa shape index (κ2) is 40.1. The highest BCUT2D eigenvalue weighted by Gasteiger charge is 2.54. The first kappa shape index (κ1) is 89.3. The summed E-state index contributed by atoms with van der Waals surface area (Å²) in [4.78, 5) is 118. The molecule has 5 aliphatic rings. The third-order valence-corrected chi connectivity index (χ3v) is 20.9. The number of hydrogen-bond acceptors (Lipinski definition) is 28. The maximum Gasteiger partial charge on any atom is 0.501 e. The summed E-state index contributed by atoms with van der Waals surface area (Å²) in [6.07, 6.45) is -2.79. The lowest BCUT2D eigenvalue weighted by Gasteiger charge is -2.43.